The second kappa shape index (κ2) is 6.35. The van der Waals surface area contributed by atoms with Crippen LogP contribution in [0.5, 0.6) is 5.75 Å². The topological polar surface area (TPSA) is 67.8 Å². The lowest BCUT2D eigenvalue weighted by Gasteiger charge is -2.19. The second-order valence-corrected chi connectivity index (χ2v) is 3.87. The van der Waals surface area contributed by atoms with Gasteiger partial charge in [0.2, 0.25) is 0 Å². The fraction of sp³-hybridized carbons (Fsp3) is 0.364. The van der Waals surface area contributed by atoms with E-state index < -0.39 is 5.54 Å². The van der Waals surface area contributed by atoms with Gasteiger partial charge in [0.1, 0.15) is 18.1 Å². The minimum absolute atomic E-state index is 0. The number of para-hydroxylation sites is 1. The highest BCUT2D eigenvalue weighted by Crippen LogP contribution is 2.10. The summed E-state index contributed by atoms with van der Waals surface area (Å²) in [5.74, 6) is 0.725. The van der Waals surface area contributed by atoms with Gasteiger partial charge in [-0.2, -0.15) is 0 Å². The highest BCUT2D eigenvalue weighted by molar-refractivity contribution is 5.93. The van der Waals surface area contributed by atoms with Gasteiger partial charge < -0.3 is 15.7 Å². The Balaban J connectivity index is 0.00000225. The van der Waals surface area contributed by atoms with Crippen molar-refractivity contribution in [1.82, 2.24) is 0 Å². The Hall–Kier alpha value is -1.26. The van der Waals surface area contributed by atoms with Crippen molar-refractivity contribution < 1.29 is 9.94 Å². The summed E-state index contributed by atoms with van der Waals surface area (Å²) in [4.78, 5) is 0. The van der Waals surface area contributed by atoms with Crippen molar-refractivity contribution in [2.45, 2.75) is 19.4 Å². The highest BCUT2D eigenvalue weighted by Gasteiger charge is 2.20. The summed E-state index contributed by atoms with van der Waals surface area (Å²) in [5, 5.41) is 11.9. The first-order valence-electron chi connectivity index (χ1n) is 4.72. The molecule has 0 aromatic heterocycles. The molecular formula is C11H17ClN2O2. The molecule has 0 saturated heterocycles. The van der Waals surface area contributed by atoms with Gasteiger partial charge >= 0.3 is 0 Å². The van der Waals surface area contributed by atoms with E-state index in [0.717, 1.165) is 5.75 Å². The predicted octanol–water partition coefficient (Wildman–Crippen LogP) is 2.05. The van der Waals surface area contributed by atoms with E-state index in [0.29, 0.717) is 5.71 Å². The molecule has 5 heteroatoms. The number of nitrogens with zero attached hydrogens (tertiary/aromatic N) is 1. The van der Waals surface area contributed by atoms with Crippen molar-refractivity contribution in [3.63, 3.8) is 0 Å². The number of halogens is 1. The Morgan fingerprint density at radius 1 is 1.38 bits per heavy atom. The van der Waals surface area contributed by atoms with E-state index in [2.05, 4.69) is 5.16 Å². The van der Waals surface area contributed by atoms with Crippen LogP contribution >= 0.6 is 12.4 Å². The van der Waals surface area contributed by atoms with Crippen LogP contribution in [0.3, 0.4) is 0 Å². The van der Waals surface area contributed by atoms with E-state index in [9.17, 15) is 0 Å². The Morgan fingerprint density at radius 3 is 2.38 bits per heavy atom. The number of nitrogens with two attached hydrogens (primary N) is 1. The van der Waals surface area contributed by atoms with E-state index >= 15 is 0 Å². The third kappa shape index (κ3) is 4.51. The number of benzene rings is 1. The van der Waals surface area contributed by atoms with Gasteiger partial charge in [0.25, 0.3) is 0 Å². The lowest BCUT2D eigenvalue weighted by Crippen LogP contribution is -2.44. The number of hydrogen-bond acceptors (Lipinski definition) is 4. The van der Waals surface area contributed by atoms with Crippen LogP contribution in [0.1, 0.15) is 13.8 Å². The molecule has 3 N–H and O–H groups in total. The zero-order valence-electron chi connectivity index (χ0n) is 9.38. The van der Waals surface area contributed by atoms with E-state index in [1.165, 1.54) is 0 Å². The Kier molecular flexibility index (Phi) is 5.85. The summed E-state index contributed by atoms with van der Waals surface area (Å²) in [6, 6.07) is 9.31. The summed E-state index contributed by atoms with van der Waals surface area (Å²) in [6.45, 7) is 3.71. The van der Waals surface area contributed by atoms with E-state index in [-0.39, 0.29) is 19.0 Å². The first-order valence-corrected chi connectivity index (χ1v) is 4.72. The van der Waals surface area contributed by atoms with Gasteiger partial charge in [0.15, 0.2) is 0 Å². The first-order chi connectivity index (χ1) is 7.04. The predicted molar refractivity (Wildman–Crippen MR) is 66.7 cm³/mol. The first kappa shape index (κ1) is 14.7. The largest absolute Gasteiger partial charge is 0.487 e. The van der Waals surface area contributed by atoms with Crippen LogP contribution in [0.2, 0.25) is 0 Å². The maximum absolute atomic E-state index is 8.77. The summed E-state index contributed by atoms with van der Waals surface area (Å²) < 4.78 is 5.41. The fourth-order valence-electron chi connectivity index (χ4n) is 1.01. The summed E-state index contributed by atoms with van der Waals surface area (Å²) in [5.41, 5.74) is 5.52. The molecule has 0 heterocycles. The summed E-state index contributed by atoms with van der Waals surface area (Å²) in [7, 11) is 0. The highest BCUT2D eigenvalue weighted by atomic mass is 35.5. The normalized spacial score (nSPS) is 11.8. The zero-order valence-corrected chi connectivity index (χ0v) is 10.2. The lowest BCUT2D eigenvalue weighted by molar-refractivity contribution is 0.299. The average Bonchev–Trinajstić information content (AvgIpc) is 2.18. The molecule has 0 saturated carbocycles. The van der Waals surface area contributed by atoms with Crippen molar-refractivity contribution in [1.29, 1.82) is 0 Å². The molecule has 0 radical (unpaired) electrons. The molecule has 1 rings (SSSR count). The number of rotatable bonds is 4. The van der Waals surface area contributed by atoms with Gasteiger partial charge in [-0.05, 0) is 26.0 Å². The van der Waals surface area contributed by atoms with Gasteiger partial charge in [0.05, 0.1) is 5.54 Å². The number of oxime groups is 1. The minimum atomic E-state index is -0.677. The smallest absolute Gasteiger partial charge is 0.132 e. The van der Waals surface area contributed by atoms with Crippen LogP contribution in [0.4, 0.5) is 0 Å². The fourth-order valence-corrected chi connectivity index (χ4v) is 1.01. The van der Waals surface area contributed by atoms with Gasteiger partial charge in [-0.25, -0.2) is 0 Å². The molecule has 0 aliphatic carbocycles. The molecule has 0 aliphatic rings. The van der Waals surface area contributed by atoms with Crippen molar-refractivity contribution in [2.75, 3.05) is 6.61 Å². The molecule has 0 fully saturated rings. The average molecular weight is 245 g/mol. The van der Waals surface area contributed by atoms with E-state index in [1.807, 2.05) is 30.3 Å². The molecule has 16 heavy (non-hydrogen) atoms. The van der Waals surface area contributed by atoms with Crippen LogP contribution in [0, 0.1) is 0 Å². The molecule has 90 valence electrons. The third-order valence-corrected chi connectivity index (χ3v) is 1.98. The van der Waals surface area contributed by atoms with Crippen LogP contribution in [-0.4, -0.2) is 23.1 Å². The molecule has 0 spiro atoms. The molecule has 4 nitrogen and oxygen atoms in total. The van der Waals surface area contributed by atoms with E-state index in [4.69, 9.17) is 15.7 Å². The monoisotopic (exact) mass is 244 g/mol. The molecule has 0 amide bonds. The Bertz CT molecular complexity index is 334. The molecule has 0 bridgehead atoms. The molecule has 0 unspecified atom stereocenters. The standard InChI is InChI=1S/C11H16N2O2.ClH/c1-11(2,12)10(13-14)8-15-9-6-4-3-5-7-9;/h3-7,14H,8,12H2,1-2H3;1H/b13-10-;. The third-order valence-electron chi connectivity index (χ3n) is 1.98. The maximum atomic E-state index is 8.77. The maximum Gasteiger partial charge on any atom is 0.132 e. The van der Waals surface area contributed by atoms with Crippen LogP contribution in [0.25, 0.3) is 0 Å². The van der Waals surface area contributed by atoms with Crippen molar-refractivity contribution >= 4 is 18.1 Å². The van der Waals surface area contributed by atoms with Crippen LogP contribution in [0.15, 0.2) is 35.5 Å². The Morgan fingerprint density at radius 2 is 1.94 bits per heavy atom. The van der Waals surface area contributed by atoms with Gasteiger partial charge in [-0.3, -0.25) is 0 Å². The minimum Gasteiger partial charge on any atom is -0.487 e. The second-order valence-electron chi connectivity index (χ2n) is 3.87. The summed E-state index contributed by atoms with van der Waals surface area (Å²) >= 11 is 0. The number of ether oxygens (including phenoxy) is 1. The van der Waals surface area contributed by atoms with Crippen LogP contribution in [-0.2, 0) is 0 Å². The van der Waals surface area contributed by atoms with Gasteiger partial charge in [-0.15, -0.1) is 12.4 Å². The quantitative estimate of drug-likeness (QED) is 0.484. The zero-order chi connectivity index (χ0) is 11.3. The summed E-state index contributed by atoms with van der Waals surface area (Å²) in [6.07, 6.45) is 0. The van der Waals surface area contributed by atoms with Crippen molar-refractivity contribution in [2.24, 2.45) is 10.9 Å². The van der Waals surface area contributed by atoms with Crippen molar-refractivity contribution in [3.8, 4) is 5.75 Å². The van der Waals surface area contributed by atoms with Crippen LogP contribution < -0.4 is 10.5 Å². The van der Waals surface area contributed by atoms with Crippen molar-refractivity contribution in [3.05, 3.63) is 30.3 Å². The van der Waals surface area contributed by atoms with Gasteiger partial charge in [-0.1, -0.05) is 23.4 Å². The molecule has 1 aromatic carbocycles. The van der Waals surface area contributed by atoms with E-state index in [1.54, 1.807) is 13.8 Å². The molecule has 0 atom stereocenters. The Labute approximate surface area is 102 Å². The molecular weight excluding hydrogens is 228 g/mol. The number of hydrogen-bond donors (Lipinski definition) is 2. The SMILES string of the molecule is CC(C)(N)/C(COc1ccccc1)=N\O.Cl. The molecule has 1 aromatic rings. The lowest BCUT2D eigenvalue weighted by atomic mass is 10.0. The van der Waals surface area contributed by atoms with Gasteiger partial charge in [0, 0.05) is 0 Å². The molecule has 0 aliphatic heterocycles.